The number of phenols is 1. The highest BCUT2D eigenvalue weighted by Crippen LogP contribution is 2.11. The first-order chi connectivity index (χ1) is 14.8. The zero-order valence-corrected chi connectivity index (χ0v) is 18.0. The van der Waals surface area contributed by atoms with Gasteiger partial charge in [-0.25, -0.2) is 0 Å². The molecule has 0 radical (unpaired) electrons. The number of rotatable bonds is 11. The Hall–Kier alpha value is -3.22. The molecule has 0 aliphatic rings. The van der Waals surface area contributed by atoms with Gasteiger partial charge in [-0.15, -0.1) is 0 Å². The van der Waals surface area contributed by atoms with E-state index in [1.54, 1.807) is 12.1 Å². The van der Waals surface area contributed by atoms with Gasteiger partial charge in [0, 0.05) is 0 Å². The molecule has 12 nitrogen and oxygen atoms in total. The molecule has 0 aromatic heterocycles. The molecule has 0 saturated heterocycles. The molecule has 178 valence electrons. The minimum absolute atomic E-state index is 0.0482. The minimum Gasteiger partial charge on any atom is -0.508 e. The van der Waals surface area contributed by atoms with Crippen LogP contribution in [0.5, 0.6) is 5.75 Å². The van der Waals surface area contributed by atoms with Crippen molar-refractivity contribution in [2.45, 2.75) is 63.6 Å². The van der Waals surface area contributed by atoms with Crippen LogP contribution in [0.15, 0.2) is 24.3 Å². The number of benzene rings is 1. The molecule has 0 aliphatic carbocycles. The molecular weight excluding hydrogens is 424 g/mol. The van der Waals surface area contributed by atoms with Crippen LogP contribution < -0.4 is 21.7 Å². The van der Waals surface area contributed by atoms with E-state index >= 15 is 0 Å². The second-order valence-electron chi connectivity index (χ2n) is 7.50. The Morgan fingerprint density at radius 1 is 0.844 bits per heavy atom. The minimum atomic E-state index is -1.53. The molecular formula is C20H30N4O8. The third-order valence-corrected chi connectivity index (χ3v) is 4.58. The number of nitrogens with two attached hydrogens (primary N) is 1. The molecule has 0 fully saturated rings. The van der Waals surface area contributed by atoms with Crippen molar-refractivity contribution in [3.8, 4) is 5.75 Å². The summed E-state index contributed by atoms with van der Waals surface area (Å²) in [6.07, 6.45) is -2.69. The van der Waals surface area contributed by atoms with Crippen LogP contribution in [0.2, 0.25) is 0 Å². The first-order valence-corrected chi connectivity index (χ1v) is 9.87. The molecule has 0 spiro atoms. The van der Waals surface area contributed by atoms with Gasteiger partial charge in [-0.05, 0) is 44.9 Å². The lowest BCUT2D eigenvalue weighted by molar-refractivity contribution is -0.142. The Balaban J connectivity index is 2.84. The standard InChI is InChI=1S/C20H30N4O8/c1-9(20(31)32)22-18(29)15(10(2)25)24-19(30)16(11(3)26)23-17(28)14(21)8-12-4-6-13(27)7-5-12/h4-7,9-11,14-16,25-27H,8,21H2,1-3H3,(H,22,29)(H,23,28)(H,24,30)(H,31,32). The summed E-state index contributed by atoms with van der Waals surface area (Å²) in [7, 11) is 0. The highest BCUT2D eigenvalue weighted by Gasteiger charge is 2.33. The second kappa shape index (κ2) is 12.0. The van der Waals surface area contributed by atoms with Gasteiger partial charge in [-0.2, -0.15) is 0 Å². The van der Waals surface area contributed by atoms with Crippen LogP contribution in [-0.4, -0.2) is 80.5 Å². The maximum atomic E-state index is 12.6. The van der Waals surface area contributed by atoms with Crippen molar-refractivity contribution in [3.05, 3.63) is 29.8 Å². The van der Waals surface area contributed by atoms with Gasteiger partial charge in [0.25, 0.3) is 0 Å². The molecule has 6 atom stereocenters. The number of aromatic hydroxyl groups is 1. The molecule has 0 aliphatic heterocycles. The Morgan fingerprint density at radius 2 is 1.28 bits per heavy atom. The molecule has 32 heavy (non-hydrogen) atoms. The monoisotopic (exact) mass is 454 g/mol. The van der Waals surface area contributed by atoms with Crippen LogP contribution in [0.1, 0.15) is 26.3 Å². The van der Waals surface area contributed by atoms with Crippen molar-refractivity contribution in [1.82, 2.24) is 16.0 Å². The highest BCUT2D eigenvalue weighted by atomic mass is 16.4. The van der Waals surface area contributed by atoms with Crippen molar-refractivity contribution in [1.29, 1.82) is 0 Å². The van der Waals surface area contributed by atoms with Gasteiger partial charge in [0.15, 0.2) is 0 Å². The van der Waals surface area contributed by atoms with E-state index in [0.29, 0.717) is 5.56 Å². The van der Waals surface area contributed by atoms with Gasteiger partial charge >= 0.3 is 5.97 Å². The van der Waals surface area contributed by atoms with Gasteiger partial charge in [0.05, 0.1) is 18.2 Å². The quantitative estimate of drug-likeness (QED) is 0.178. The number of nitrogens with one attached hydrogen (secondary N) is 3. The number of hydrogen-bond acceptors (Lipinski definition) is 8. The van der Waals surface area contributed by atoms with E-state index in [1.165, 1.54) is 32.9 Å². The molecule has 0 saturated carbocycles. The van der Waals surface area contributed by atoms with Crippen LogP contribution >= 0.6 is 0 Å². The molecule has 1 rings (SSSR count). The largest absolute Gasteiger partial charge is 0.508 e. The topological polar surface area (TPSA) is 211 Å². The normalized spacial score (nSPS) is 16.6. The Labute approximate surface area is 184 Å². The van der Waals surface area contributed by atoms with Crippen molar-refractivity contribution in [3.63, 3.8) is 0 Å². The molecule has 9 N–H and O–H groups in total. The van der Waals surface area contributed by atoms with Crippen LogP contribution in [-0.2, 0) is 25.6 Å². The average molecular weight is 454 g/mol. The number of aliphatic hydroxyl groups is 2. The van der Waals surface area contributed by atoms with E-state index in [2.05, 4.69) is 16.0 Å². The molecule has 1 aromatic rings. The van der Waals surface area contributed by atoms with E-state index < -0.39 is 60.1 Å². The SMILES string of the molecule is CC(NC(=O)C(NC(=O)C(NC(=O)C(N)Cc1ccc(O)cc1)C(C)O)C(C)O)C(=O)O. The van der Waals surface area contributed by atoms with E-state index in [1.807, 2.05) is 0 Å². The number of amides is 3. The van der Waals surface area contributed by atoms with Crippen LogP contribution in [0.3, 0.4) is 0 Å². The lowest BCUT2D eigenvalue weighted by Crippen LogP contribution is -2.61. The van der Waals surface area contributed by atoms with Gasteiger partial charge in [-0.1, -0.05) is 12.1 Å². The third-order valence-electron chi connectivity index (χ3n) is 4.58. The lowest BCUT2D eigenvalue weighted by Gasteiger charge is -2.27. The number of carboxylic acids is 1. The van der Waals surface area contributed by atoms with Crippen LogP contribution in [0, 0.1) is 0 Å². The summed E-state index contributed by atoms with van der Waals surface area (Å²) in [6.45, 7) is 3.65. The Kier molecular flexibility index (Phi) is 10.0. The molecule has 12 heteroatoms. The van der Waals surface area contributed by atoms with Gasteiger partial charge in [0.2, 0.25) is 17.7 Å². The fourth-order valence-electron chi connectivity index (χ4n) is 2.66. The number of carbonyl (C=O) groups is 4. The summed E-state index contributed by atoms with van der Waals surface area (Å²) in [6, 6.07) is 0.618. The van der Waals surface area contributed by atoms with Crippen molar-refractivity contribution >= 4 is 23.7 Å². The number of aliphatic carboxylic acids is 1. The predicted octanol–water partition coefficient (Wildman–Crippen LogP) is -2.42. The summed E-state index contributed by atoms with van der Waals surface area (Å²) in [5, 5.41) is 44.6. The number of carboxylic acid groups (broad SMARTS) is 1. The summed E-state index contributed by atoms with van der Waals surface area (Å²) >= 11 is 0. The fourth-order valence-corrected chi connectivity index (χ4v) is 2.66. The van der Waals surface area contributed by atoms with Gasteiger partial charge < -0.3 is 42.1 Å². The Bertz CT molecular complexity index is 812. The zero-order chi connectivity index (χ0) is 24.6. The maximum absolute atomic E-state index is 12.6. The Morgan fingerprint density at radius 3 is 1.72 bits per heavy atom. The second-order valence-corrected chi connectivity index (χ2v) is 7.50. The predicted molar refractivity (Wildman–Crippen MR) is 112 cm³/mol. The van der Waals surface area contributed by atoms with Crippen molar-refractivity contribution in [2.24, 2.45) is 5.73 Å². The summed E-state index contributed by atoms with van der Waals surface area (Å²) < 4.78 is 0. The maximum Gasteiger partial charge on any atom is 0.325 e. The van der Waals surface area contributed by atoms with Gasteiger partial charge in [0.1, 0.15) is 23.9 Å². The summed E-state index contributed by atoms with van der Waals surface area (Å²) in [4.78, 5) is 48.2. The molecule has 0 bridgehead atoms. The lowest BCUT2D eigenvalue weighted by atomic mass is 10.0. The molecule has 0 heterocycles. The highest BCUT2D eigenvalue weighted by molar-refractivity contribution is 5.94. The number of hydrogen-bond donors (Lipinski definition) is 8. The molecule has 1 aromatic carbocycles. The first kappa shape index (κ1) is 26.8. The summed E-state index contributed by atoms with van der Waals surface area (Å²) in [5.74, 6) is -3.95. The number of phenolic OH excluding ortho intramolecular Hbond substituents is 1. The van der Waals surface area contributed by atoms with Crippen LogP contribution in [0.4, 0.5) is 0 Å². The van der Waals surface area contributed by atoms with Crippen molar-refractivity contribution < 1.29 is 39.6 Å². The van der Waals surface area contributed by atoms with Gasteiger partial charge in [-0.3, -0.25) is 19.2 Å². The van der Waals surface area contributed by atoms with E-state index in [0.717, 1.165) is 0 Å². The van der Waals surface area contributed by atoms with E-state index in [-0.39, 0.29) is 12.2 Å². The fraction of sp³-hybridized carbons (Fsp3) is 0.500. The number of aliphatic hydroxyl groups excluding tert-OH is 2. The smallest absolute Gasteiger partial charge is 0.325 e. The van der Waals surface area contributed by atoms with Crippen molar-refractivity contribution in [2.75, 3.05) is 0 Å². The van der Waals surface area contributed by atoms with Crippen LogP contribution in [0.25, 0.3) is 0 Å². The average Bonchev–Trinajstić information content (AvgIpc) is 2.70. The first-order valence-electron chi connectivity index (χ1n) is 9.87. The van der Waals surface area contributed by atoms with E-state index in [9.17, 15) is 34.5 Å². The molecule has 3 amide bonds. The summed E-state index contributed by atoms with van der Waals surface area (Å²) in [5.41, 5.74) is 6.52. The third kappa shape index (κ3) is 8.13. The van der Waals surface area contributed by atoms with E-state index in [4.69, 9.17) is 10.8 Å². The zero-order valence-electron chi connectivity index (χ0n) is 18.0. The number of carbonyl (C=O) groups excluding carboxylic acids is 3. The molecule has 6 unspecified atom stereocenters.